The molecule has 0 atom stereocenters. The Bertz CT molecular complexity index is 776. The van der Waals surface area contributed by atoms with Crippen LogP contribution >= 0.6 is 15.9 Å². The van der Waals surface area contributed by atoms with Crippen LogP contribution in [0.2, 0.25) is 0 Å². The van der Waals surface area contributed by atoms with E-state index < -0.39 is 0 Å². The highest BCUT2D eigenvalue weighted by molar-refractivity contribution is 9.10. The maximum Gasteiger partial charge on any atom is 0.268 e. The van der Waals surface area contributed by atoms with E-state index in [-0.39, 0.29) is 5.91 Å². The molecule has 3 aromatic rings. The average molecular weight is 334 g/mol. The quantitative estimate of drug-likeness (QED) is 0.439. The van der Waals surface area contributed by atoms with Gasteiger partial charge >= 0.3 is 0 Å². The number of amides is 1. The minimum Gasteiger partial charge on any atom is -0.467 e. The molecule has 3 rings (SSSR count). The van der Waals surface area contributed by atoms with Crippen LogP contribution in [0.25, 0.3) is 10.9 Å². The van der Waals surface area contributed by atoms with Crippen LogP contribution in [0.3, 0.4) is 0 Å². The number of hydrogen-bond donors (Lipinski definition) is 2. The molecule has 0 spiro atoms. The molecule has 2 heterocycles. The molecular weight excluding hydrogens is 322 g/mol. The fourth-order valence-electron chi connectivity index (χ4n) is 2.23. The van der Waals surface area contributed by atoms with Crippen LogP contribution in [0.15, 0.2) is 51.7 Å². The molecule has 1 aromatic carbocycles. The van der Waals surface area contributed by atoms with Crippen LogP contribution in [0.4, 0.5) is 0 Å². The minimum absolute atomic E-state index is 0.357. The number of nitrogens with one attached hydrogen (secondary N) is 1. The number of para-hydroxylation sites is 1. The zero-order valence-electron chi connectivity index (χ0n) is 10.5. The predicted octanol–water partition coefficient (Wildman–Crippen LogP) is 2.65. The summed E-state index contributed by atoms with van der Waals surface area (Å²) in [6.45, 7) is 0.460. The standard InChI is InChI=1S/C14H12BrN3O2/c15-11-7-18(12-4-2-1-3-9(11)12)8-13-10(5-6-20-13)14(19)17-16/h1-7H,8,16H2,(H,17,19). The lowest BCUT2D eigenvalue weighted by molar-refractivity contribution is 0.0951. The van der Waals surface area contributed by atoms with Crippen molar-refractivity contribution in [2.24, 2.45) is 5.84 Å². The zero-order chi connectivity index (χ0) is 14.1. The third-order valence-electron chi connectivity index (χ3n) is 3.18. The summed E-state index contributed by atoms with van der Waals surface area (Å²) in [5.74, 6) is 5.38. The van der Waals surface area contributed by atoms with Gasteiger partial charge in [-0.15, -0.1) is 0 Å². The highest BCUT2D eigenvalue weighted by atomic mass is 79.9. The zero-order valence-corrected chi connectivity index (χ0v) is 12.1. The van der Waals surface area contributed by atoms with E-state index in [9.17, 15) is 4.79 Å². The Labute approximate surface area is 123 Å². The Balaban J connectivity index is 2.02. The van der Waals surface area contributed by atoms with Crippen LogP contribution < -0.4 is 11.3 Å². The molecule has 2 aromatic heterocycles. The lowest BCUT2D eigenvalue weighted by Gasteiger charge is -2.05. The smallest absolute Gasteiger partial charge is 0.268 e. The van der Waals surface area contributed by atoms with Crippen molar-refractivity contribution in [3.05, 3.63) is 58.6 Å². The number of hydrazine groups is 1. The number of carbonyl (C=O) groups is 1. The Hall–Kier alpha value is -2.05. The van der Waals surface area contributed by atoms with Crippen molar-refractivity contribution >= 4 is 32.7 Å². The number of nitrogens with two attached hydrogens (primary N) is 1. The molecule has 3 N–H and O–H groups in total. The molecule has 0 aliphatic carbocycles. The van der Waals surface area contributed by atoms with Crippen molar-refractivity contribution in [3.8, 4) is 0 Å². The molecule has 0 bridgehead atoms. The van der Waals surface area contributed by atoms with E-state index in [0.29, 0.717) is 17.9 Å². The van der Waals surface area contributed by atoms with Crippen molar-refractivity contribution in [2.45, 2.75) is 6.54 Å². The first-order valence-electron chi connectivity index (χ1n) is 6.01. The summed E-state index contributed by atoms with van der Waals surface area (Å²) in [7, 11) is 0. The Morgan fingerprint density at radius 2 is 2.15 bits per heavy atom. The number of carbonyl (C=O) groups excluding carboxylic acids is 1. The van der Waals surface area contributed by atoms with Crippen molar-refractivity contribution in [1.82, 2.24) is 9.99 Å². The van der Waals surface area contributed by atoms with E-state index in [4.69, 9.17) is 10.3 Å². The van der Waals surface area contributed by atoms with E-state index in [2.05, 4.69) is 21.4 Å². The second kappa shape index (κ2) is 5.15. The van der Waals surface area contributed by atoms with E-state index in [0.717, 1.165) is 15.4 Å². The number of rotatable bonds is 3. The van der Waals surface area contributed by atoms with Crippen LogP contribution in [0.5, 0.6) is 0 Å². The SMILES string of the molecule is NNC(=O)c1ccoc1Cn1cc(Br)c2ccccc21. The average Bonchev–Trinajstić information content (AvgIpc) is 3.05. The van der Waals surface area contributed by atoms with Gasteiger partial charge < -0.3 is 8.98 Å². The summed E-state index contributed by atoms with van der Waals surface area (Å²) in [6.07, 6.45) is 3.46. The van der Waals surface area contributed by atoms with Gasteiger partial charge in [0.2, 0.25) is 0 Å². The number of aromatic nitrogens is 1. The van der Waals surface area contributed by atoms with Gasteiger partial charge in [0.1, 0.15) is 5.76 Å². The van der Waals surface area contributed by atoms with E-state index in [1.807, 2.05) is 35.0 Å². The summed E-state index contributed by atoms with van der Waals surface area (Å²) >= 11 is 3.53. The lowest BCUT2D eigenvalue weighted by Crippen LogP contribution is -2.30. The van der Waals surface area contributed by atoms with Crippen LogP contribution in [-0.4, -0.2) is 10.5 Å². The molecule has 0 saturated carbocycles. The normalized spacial score (nSPS) is 10.9. The molecule has 0 saturated heterocycles. The molecule has 6 heteroatoms. The number of halogens is 1. The third kappa shape index (κ3) is 2.13. The molecule has 1 amide bonds. The lowest BCUT2D eigenvalue weighted by atomic mass is 10.2. The number of furan rings is 1. The van der Waals surface area contributed by atoms with Crippen molar-refractivity contribution in [3.63, 3.8) is 0 Å². The van der Waals surface area contributed by atoms with Gasteiger partial charge in [-0.2, -0.15) is 0 Å². The van der Waals surface area contributed by atoms with Crippen molar-refractivity contribution in [2.75, 3.05) is 0 Å². The highest BCUT2D eigenvalue weighted by Gasteiger charge is 2.15. The summed E-state index contributed by atoms with van der Waals surface area (Å²) in [6, 6.07) is 9.62. The molecular formula is C14H12BrN3O2. The topological polar surface area (TPSA) is 73.2 Å². The number of hydrogen-bond acceptors (Lipinski definition) is 3. The number of fused-ring (bicyclic) bond motifs is 1. The van der Waals surface area contributed by atoms with E-state index in [1.165, 1.54) is 6.26 Å². The summed E-state index contributed by atoms with van der Waals surface area (Å²) in [4.78, 5) is 11.6. The van der Waals surface area contributed by atoms with Gasteiger partial charge in [0.15, 0.2) is 0 Å². The van der Waals surface area contributed by atoms with Gasteiger partial charge in [-0.05, 0) is 28.1 Å². The third-order valence-corrected chi connectivity index (χ3v) is 3.81. The second-order valence-corrected chi connectivity index (χ2v) is 5.21. The monoisotopic (exact) mass is 333 g/mol. The number of nitrogens with zero attached hydrogens (tertiary/aromatic N) is 1. The molecule has 20 heavy (non-hydrogen) atoms. The summed E-state index contributed by atoms with van der Waals surface area (Å²) < 4.78 is 8.42. The Morgan fingerprint density at radius 3 is 2.95 bits per heavy atom. The number of nitrogen functional groups attached to an aromatic ring is 1. The molecule has 0 aliphatic heterocycles. The predicted molar refractivity (Wildman–Crippen MR) is 79.1 cm³/mol. The fraction of sp³-hybridized carbons (Fsp3) is 0.0714. The summed E-state index contributed by atoms with van der Waals surface area (Å²) in [5.41, 5.74) is 3.63. The van der Waals surface area contributed by atoms with Crippen molar-refractivity contribution in [1.29, 1.82) is 0 Å². The Kier molecular flexibility index (Phi) is 3.33. The van der Waals surface area contributed by atoms with E-state index in [1.54, 1.807) is 6.07 Å². The van der Waals surface area contributed by atoms with Gasteiger partial charge in [0.05, 0.1) is 18.4 Å². The molecule has 102 valence electrons. The van der Waals surface area contributed by atoms with Gasteiger partial charge in [-0.1, -0.05) is 18.2 Å². The van der Waals surface area contributed by atoms with Gasteiger partial charge in [-0.3, -0.25) is 10.2 Å². The van der Waals surface area contributed by atoms with Gasteiger partial charge in [0, 0.05) is 21.6 Å². The first kappa shape index (κ1) is 13.0. The van der Waals surface area contributed by atoms with Gasteiger partial charge in [0.25, 0.3) is 5.91 Å². The fourth-order valence-corrected chi connectivity index (χ4v) is 2.81. The molecule has 0 fully saturated rings. The largest absolute Gasteiger partial charge is 0.467 e. The maximum absolute atomic E-state index is 11.6. The van der Waals surface area contributed by atoms with Gasteiger partial charge in [-0.25, -0.2) is 5.84 Å². The first-order valence-corrected chi connectivity index (χ1v) is 6.80. The van der Waals surface area contributed by atoms with Crippen LogP contribution in [0.1, 0.15) is 16.1 Å². The van der Waals surface area contributed by atoms with Crippen molar-refractivity contribution < 1.29 is 9.21 Å². The van der Waals surface area contributed by atoms with E-state index >= 15 is 0 Å². The minimum atomic E-state index is -0.357. The molecule has 0 radical (unpaired) electrons. The van der Waals surface area contributed by atoms with Crippen LogP contribution in [-0.2, 0) is 6.54 Å². The Morgan fingerprint density at radius 1 is 1.35 bits per heavy atom. The van der Waals surface area contributed by atoms with Crippen LogP contribution in [0, 0.1) is 0 Å². The maximum atomic E-state index is 11.6. The molecule has 0 unspecified atom stereocenters. The molecule has 5 nitrogen and oxygen atoms in total. The number of benzene rings is 1. The molecule has 0 aliphatic rings. The summed E-state index contributed by atoms with van der Waals surface area (Å²) in [5, 5.41) is 1.11. The second-order valence-electron chi connectivity index (χ2n) is 4.35. The highest BCUT2D eigenvalue weighted by Crippen LogP contribution is 2.27. The first-order chi connectivity index (χ1) is 9.70.